The van der Waals surface area contributed by atoms with Crippen LogP contribution in [-0.4, -0.2) is 36.5 Å². The van der Waals surface area contributed by atoms with E-state index < -0.39 is 0 Å². The molecule has 1 aliphatic heterocycles. The van der Waals surface area contributed by atoms with Gasteiger partial charge < -0.3 is 10.6 Å². The molecule has 5 nitrogen and oxygen atoms in total. The van der Waals surface area contributed by atoms with Crippen LogP contribution in [0.15, 0.2) is 53.5 Å². The first-order valence-electron chi connectivity index (χ1n) is 10.0. The van der Waals surface area contributed by atoms with Gasteiger partial charge in [-0.05, 0) is 43.5 Å². The number of hydrogen-bond acceptors (Lipinski definition) is 3. The average molecular weight is 394 g/mol. The van der Waals surface area contributed by atoms with Crippen LogP contribution in [0.25, 0.3) is 0 Å². The summed E-state index contributed by atoms with van der Waals surface area (Å²) in [6.07, 6.45) is 2.04. The van der Waals surface area contributed by atoms with Crippen LogP contribution in [0.5, 0.6) is 0 Å². The number of guanidine groups is 1. The van der Waals surface area contributed by atoms with Crippen LogP contribution in [0.1, 0.15) is 36.5 Å². The SMILES string of the molecule is CN=C(NCc1cc(C#N)ccc1F)NC1CCN(Cc2ccccc2)C(C)C1. The summed E-state index contributed by atoms with van der Waals surface area (Å²) in [5, 5.41) is 15.6. The quantitative estimate of drug-likeness (QED) is 0.604. The van der Waals surface area contributed by atoms with Crippen molar-refractivity contribution in [2.45, 2.75) is 44.9 Å². The number of nitrogens with zero attached hydrogens (tertiary/aromatic N) is 3. The number of piperidine rings is 1. The molecular weight excluding hydrogens is 365 g/mol. The van der Waals surface area contributed by atoms with Crippen molar-refractivity contribution in [1.29, 1.82) is 5.26 Å². The summed E-state index contributed by atoms with van der Waals surface area (Å²) < 4.78 is 14.0. The van der Waals surface area contributed by atoms with Crippen molar-refractivity contribution in [2.75, 3.05) is 13.6 Å². The van der Waals surface area contributed by atoms with Gasteiger partial charge >= 0.3 is 0 Å². The Labute approximate surface area is 172 Å². The molecular formula is C23H28FN5. The molecule has 0 saturated carbocycles. The van der Waals surface area contributed by atoms with Crippen LogP contribution in [0.3, 0.4) is 0 Å². The number of halogens is 1. The minimum absolute atomic E-state index is 0.281. The number of rotatable bonds is 5. The lowest BCUT2D eigenvalue weighted by molar-refractivity contribution is 0.134. The molecule has 6 heteroatoms. The Balaban J connectivity index is 1.51. The largest absolute Gasteiger partial charge is 0.354 e. The third kappa shape index (κ3) is 5.78. The summed E-state index contributed by atoms with van der Waals surface area (Å²) in [5.74, 6) is 0.329. The molecule has 0 aromatic heterocycles. The highest BCUT2D eigenvalue weighted by atomic mass is 19.1. The molecule has 29 heavy (non-hydrogen) atoms. The normalized spacial score (nSPS) is 20.1. The zero-order chi connectivity index (χ0) is 20.6. The fourth-order valence-corrected chi connectivity index (χ4v) is 3.75. The smallest absolute Gasteiger partial charge is 0.191 e. The standard InChI is InChI=1S/C23H28FN5/c1-17-12-21(10-11-29(17)16-18-6-4-3-5-7-18)28-23(26-2)27-15-20-13-19(14-25)8-9-22(20)24/h3-9,13,17,21H,10-12,15-16H2,1-2H3,(H2,26,27,28). The van der Waals surface area contributed by atoms with Crippen LogP contribution in [0.2, 0.25) is 0 Å². The van der Waals surface area contributed by atoms with E-state index in [1.54, 1.807) is 13.1 Å². The van der Waals surface area contributed by atoms with E-state index in [0.717, 1.165) is 25.9 Å². The Morgan fingerprint density at radius 2 is 2.07 bits per heavy atom. The van der Waals surface area contributed by atoms with Gasteiger partial charge in [0.1, 0.15) is 5.82 Å². The Morgan fingerprint density at radius 3 is 2.76 bits per heavy atom. The van der Waals surface area contributed by atoms with Crippen LogP contribution in [-0.2, 0) is 13.1 Å². The van der Waals surface area contributed by atoms with Crippen LogP contribution >= 0.6 is 0 Å². The number of nitrogens with one attached hydrogen (secondary N) is 2. The van der Waals surface area contributed by atoms with Crippen molar-refractivity contribution in [3.8, 4) is 6.07 Å². The molecule has 2 atom stereocenters. The molecule has 2 unspecified atom stereocenters. The van der Waals surface area contributed by atoms with Crippen molar-refractivity contribution >= 4 is 5.96 Å². The van der Waals surface area contributed by atoms with Gasteiger partial charge in [-0.15, -0.1) is 0 Å². The number of benzene rings is 2. The first-order valence-corrected chi connectivity index (χ1v) is 10.0. The molecule has 0 amide bonds. The van der Waals surface area contributed by atoms with Gasteiger partial charge in [0, 0.05) is 44.3 Å². The minimum Gasteiger partial charge on any atom is -0.354 e. The minimum atomic E-state index is -0.324. The third-order valence-corrected chi connectivity index (χ3v) is 5.43. The van der Waals surface area contributed by atoms with E-state index in [0.29, 0.717) is 29.2 Å². The van der Waals surface area contributed by atoms with Gasteiger partial charge in [-0.1, -0.05) is 30.3 Å². The maximum atomic E-state index is 14.0. The van der Waals surface area contributed by atoms with Crippen LogP contribution < -0.4 is 10.6 Å². The highest BCUT2D eigenvalue weighted by Crippen LogP contribution is 2.20. The molecule has 2 aromatic carbocycles. The average Bonchev–Trinajstić information content (AvgIpc) is 2.74. The molecule has 1 saturated heterocycles. The molecule has 0 spiro atoms. The van der Waals surface area contributed by atoms with E-state index >= 15 is 0 Å². The second-order valence-electron chi connectivity index (χ2n) is 7.51. The number of likely N-dealkylation sites (tertiary alicyclic amines) is 1. The second-order valence-corrected chi connectivity index (χ2v) is 7.51. The summed E-state index contributed by atoms with van der Waals surface area (Å²) in [4.78, 5) is 6.78. The fraction of sp³-hybridized carbons (Fsp3) is 0.391. The van der Waals surface area contributed by atoms with Crippen molar-refractivity contribution in [3.05, 3.63) is 71.0 Å². The van der Waals surface area contributed by atoms with E-state index in [9.17, 15) is 4.39 Å². The molecule has 3 rings (SSSR count). The number of aliphatic imine (C=N–C) groups is 1. The van der Waals surface area contributed by atoms with Gasteiger partial charge in [0.25, 0.3) is 0 Å². The predicted octanol–water partition coefficient (Wildman–Crippen LogP) is 3.42. The molecule has 1 fully saturated rings. The van der Waals surface area contributed by atoms with Crippen molar-refractivity contribution in [2.24, 2.45) is 4.99 Å². The maximum Gasteiger partial charge on any atom is 0.191 e. The Morgan fingerprint density at radius 1 is 1.28 bits per heavy atom. The molecule has 1 aliphatic rings. The Kier molecular flexibility index (Phi) is 7.20. The van der Waals surface area contributed by atoms with Gasteiger partial charge in [-0.3, -0.25) is 9.89 Å². The lowest BCUT2D eigenvalue weighted by Gasteiger charge is -2.38. The Hall–Kier alpha value is -2.91. The highest BCUT2D eigenvalue weighted by molar-refractivity contribution is 5.80. The highest BCUT2D eigenvalue weighted by Gasteiger charge is 2.26. The number of nitriles is 1. The summed E-state index contributed by atoms with van der Waals surface area (Å²) in [7, 11) is 1.71. The first kappa shape index (κ1) is 20.8. The monoisotopic (exact) mass is 393 g/mol. The molecule has 1 heterocycles. The summed E-state index contributed by atoms with van der Waals surface area (Å²) in [6, 6.07) is 17.8. The van der Waals surface area contributed by atoms with Crippen LogP contribution in [0.4, 0.5) is 4.39 Å². The fourth-order valence-electron chi connectivity index (χ4n) is 3.75. The first-order chi connectivity index (χ1) is 14.1. The summed E-state index contributed by atoms with van der Waals surface area (Å²) in [6.45, 7) is 4.53. The van der Waals surface area contributed by atoms with E-state index in [4.69, 9.17) is 5.26 Å². The van der Waals surface area contributed by atoms with Crippen molar-refractivity contribution < 1.29 is 4.39 Å². The molecule has 0 bridgehead atoms. The number of hydrogen-bond donors (Lipinski definition) is 2. The summed E-state index contributed by atoms with van der Waals surface area (Å²) in [5.41, 5.74) is 2.24. The van der Waals surface area contributed by atoms with Gasteiger partial charge in [0.05, 0.1) is 11.6 Å². The lowest BCUT2D eigenvalue weighted by atomic mass is 9.97. The van der Waals surface area contributed by atoms with E-state index in [1.807, 2.05) is 12.1 Å². The third-order valence-electron chi connectivity index (χ3n) is 5.43. The van der Waals surface area contributed by atoms with Gasteiger partial charge in [0.15, 0.2) is 5.96 Å². The second kappa shape index (κ2) is 10.0. The van der Waals surface area contributed by atoms with Gasteiger partial charge in [-0.25, -0.2) is 4.39 Å². The van der Waals surface area contributed by atoms with Gasteiger partial charge in [0.2, 0.25) is 0 Å². The van der Waals surface area contributed by atoms with Crippen molar-refractivity contribution in [1.82, 2.24) is 15.5 Å². The van der Waals surface area contributed by atoms with Crippen molar-refractivity contribution in [3.63, 3.8) is 0 Å². The summed E-state index contributed by atoms with van der Waals surface area (Å²) >= 11 is 0. The van der Waals surface area contributed by atoms with E-state index in [2.05, 4.69) is 51.7 Å². The lowest BCUT2D eigenvalue weighted by Crippen LogP contribution is -2.51. The Bertz CT molecular complexity index is 875. The zero-order valence-corrected chi connectivity index (χ0v) is 17.0. The van der Waals surface area contributed by atoms with E-state index in [1.165, 1.54) is 17.7 Å². The molecule has 2 aromatic rings. The zero-order valence-electron chi connectivity index (χ0n) is 17.0. The predicted molar refractivity (Wildman–Crippen MR) is 114 cm³/mol. The maximum absolute atomic E-state index is 14.0. The molecule has 0 aliphatic carbocycles. The molecule has 152 valence electrons. The molecule has 2 N–H and O–H groups in total. The molecule has 0 radical (unpaired) electrons. The van der Waals surface area contributed by atoms with E-state index in [-0.39, 0.29) is 12.4 Å². The van der Waals surface area contributed by atoms with Crippen LogP contribution in [0, 0.1) is 17.1 Å². The topological polar surface area (TPSA) is 63.5 Å². The van der Waals surface area contributed by atoms with Gasteiger partial charge in [-0.2, -0.15) is 5.26 Å².